The minimum absolute atomic E-state index is 0.249. The second-order valence-corrected chi connectivity index (χ2v) is 7.63. The Morgan fingerprint density at radius 1 is 1.48 bits per heavy atom. The number of aliphatic imine (C=N–C) groups is 1. The van der Waals surface area contributed by atoms with Gasteiger partial charge in [-0.15, -0.1) is 0 Å². The average molecular weight is 412 g/mol. The number of hydrogen-bond donors (Lipinski definition) is 2. The van der Waals surface area contributed by atoms with Crippen LogP contribution in [-0.2, 0) is 4.79 Å². The number of carbonyl (C=O) groups is 2. The third-order valence-corrected chi connectivity index (χ3v) is 5.13. The lowest BCUT2D eigenvalue weighted by molar-refractivity contribution is -0.115. The first-order valence-electron chi connectivity index (χ1n) is 8.86. The second kappa shape index (κ2) is 7.63. The summed E-state index contributed by atoms with van der Waals surface area (Å²) in [5.41, 5.74) is 1.63. The molecule has 0 spiro atoms. The maximum absolute atomic E-state index is 13.5. The zero-order valence-corrected chi connectivity index (χ0v) is 16.3. The monoisotopic (exact) mass is 412 g/mol. The van der Waals surface area contributed by atoms with Gasteiger partial charge in [-0.05, 0) is 43.7 Å². The topological polar surface area (TPSA) is 101 Å². The number of amides is 2. The van der Waals surface area contributed by atoms with Gasteiger partial charge in [0.05, 0.1) is 11.1 Å². The van der Waals surface area contributed by atoms with Gasteiger partial charge in [-0.1, -0.05) is 6.58 Å². The van der Waals surface area contributed by atoms with Gasteiger partial charge in [0, 0.05) is 35.1 Å². The van der Waals surface area contributed by atoms with Crippen molar-refractivity contribution in [2.45, 2.75) is 25.8 Å². The summed E-state index contributed by atoms with van der Waals surface area (Å²) >= 11 is 0.813. The van der Waals surface area contributed by atoms with Crippen LogP contribution < -0.4 is 10.6 Å². The molecule has 0 bridgehead atoms. The maximum atomic E-state index is 13.5. The van der Waals surface area contributed by atoms with Crippen LogP contribution in [0.4, 0.5) is 15.0 Å². The van der Waals surface area contributed by atoms with Crippen molar-refractivity contribution in [3.8, 4) is 0 Å². The summed E-state index contributed by atoms with van der Waals surface area (Å²) < 4.78 is 15.0. The molecule has 8 nitrogen and oxygen atoms in total. The number of halogens is 1. The molecule has 2 aromatic rings. The number of hydrogen-bond acceptors (Lipinski definition) is 7. The Kier molecular flexibility index (Phi) is 5.01. The molecule has 1 aliphatic carbocycles. The zero-order chi connectivity index (χ0) is 20.5. The first-order valence-corrected chi connectivity index (χ1v) is 9.68. The summed E-state index contributed by atoms with van der Waals surface area (Å²) in [7, 11) is 0. The summed E-state index contributed by atoms with van der Waals surface area (Å²) in [4.78, 5) is 31.8. The fourth-order valence-corrected chi connectivity index (χ4v) is 3.38. The Bertz CT molecular complexity index is 1090. The Hall–Kier alpha value is -3.27. The van der Waals surface area contributed by atoms with Gasteiger partial charge in [-0.2, -0.15) is 14.2 Å². The highest BCUT2D eigenvalue weighted by molar-refractivity contribution is 8.18. The lowest BCUT2D eigenvalue weighted by atomic mass is 10.2. The van der Waals surface area contributed by atoms with Crippen molar-refractivity contribution in [2.24, 2.45) is 4.99 Å². The zero-order valence-electron chi connectivity index (χ0n) is 15.5. The molecule has 2 N–H and O–H groups in total. The molecule has 1 aliphatic heterocycles. The van der Waals surface area contributed by atoms with Crippen LogP contribution >= 0.6 is 11.8 Å². The summed E-state index contributed by atoms with van der Waals surface area (Å²) in [6.45, 7) is 5.76. The van der Waals surface area contributed by atoms with Crippen molar-refractivity contribution in [2.75, 3.05) is 0 Å². The Morgan fingerprint density at radius 3 is 2.93 bits per heavy atom. The Labute approximate surface area is 170 Å². The van der Waals surface area contributed by atoms with E-state index in [4.69, 9.17) is 0 Å². The van der Waals surface area contributed by atoms with Gasteiger partial charge in [0.2, 0.25) is 5.95 Å². The smallest absolute Gasteiger partial charge is 0.290 e. The quantitative estimate of drug-likeness (QED) is 0.430. The molecule has 29 heavy (non-hydrogen) atoms. The van der Waals surface area contributed by atoms with Crippen LogP contribution in [0.2, 0.25) is 0 Å². The fraction of sp³-hybridized carbons (Fsp3) is 0.211. The molecule has 10 heteroatoms. The molecule has 2 aliphatic rings. The second-order valence-electron chi connectivity index (χ2n) is 6.62. The molecule has 3 heterocycles. The van der Waals surface area contributed by atoms with E-state index < -0.39 is 17.1 Å². The summed E-state index contributed by atoms with van der Waals surface area (Å²) in [6.07, 6.45) is 6.58. The van der Waals surface area contributed by atoms with E-state index in [0.29, 0.717) is 34.5 Å². The number of carbonyl (C=O) groups excluding carboxylic acids is 2. The lowest BCUT2D eigenvalue weighted by Gasteiger charge is -2.11. The van der Waals surface area contributed by atoms with E-state index in [0.717, 1.165) is 24.6 Å². The van der Waals surface area contributed by atoms with Crippen molar-refractivity contribution >= 4 is 46.3 Å². The highest BCUT2D eigenvalue weighted by atomic mass is 32.2. The van der Waals surface area contributed by atoms with E-state index in [1.807, 2.05) is 0 Å². The highest BCUT2D eigenvalue weighted by Crippen LogP contribution is 2.31. The first kappa shape index (κ1) is 19.1. The molecule has 4 rings (SSSR count). The molecule has 2 amide bonds. The molecule has 148 valence electrons. The van der Waals surface area contributed by atoms with Crippen molar-refractivity contribution in [3.63, 3.8) is 0 Å². The summed E-state index contributed by atoms with van der Waals surface area (Å²) in [6, 6.07) is 3.29. The van der Waals surface area contributed by atoms with Crippen molar-refractivity contribution in [3.05, 3.63) is 53.1 Å². The van der Waals surface area contributed by atoms with E-state index in [9.17, 15) is 14.0 Å². The predicted molar refractivity (Wildman–Crippen MR) is 109 cm³/mol. The first-order chi connectivity index (χ1) is 13.9. The number of thioether (sulfide) groups is 1. The number of nitrogens with one attached hydrogen (secondary N) is 2. The van der Waals surface area contributed by atoms with Crippen LogP contribution in [0, 0.1) is 5.95 Å². The molecule has 2 fully saturated rings. The van der Waals surface area contributed by atoms with Crippen LogP contribution in [0.1, 0.15) is 30.9 Å². The van der Waals surface area contributed by atoms with Crippen molar-refractivity contribution in [1.82, 2.24) is 25.4 Å². The Balaban J connectivity index is 1.76. The molecule has 1 saturated heterocycles. The highest BCUT2D eigenvalue weighted by Gasteiger charge is 2.27. The summed E-state index contributed by atoms with van der Waals surface area (Å²) in [5, 5.41) is 9.39. The number of rotatable bonds is 6. The molecule has 0 atom stereocenters. The number of imide groups is 1. The number of nitrogens with zero attached hydrogens (tertiary/aromatic N) is 4. The van der Waals surface area contributed by atoms with Crippen molar-refractivity contribution in [1.29, 1.82) is 0 Å². The van der Waals surface area contributed by atoms with Crippen LogP contribution in [0.3, 0.4) is 0 Å². The minimum atomic E-state index is -0.606. The van der Waals surface area contributed by atoms with E-state index in [1.54, 1.807) is 25.3 Å². The van der Waals surface area contributed by atoms with Gasteiger partial charge in [-0.3, -0.25) is 14.9 Å². The van der Waals surface area contributed by atoms with Gasteiger partial charge in [-0.25, -0.2) is 9.98 Å². The largest absolute Gasteiger partial charge is 0.368 e. The predicted octanol–water partition coefficient (Wildman–Crippen LogP) is 3.06. The molecule has 2 aromatic heterocycles. The standard InChI is InChI=1S/C19H17FN6O2S/c1-10(12-5-6-21-16(20)8-12)23-17-13(7-15-18(27)25-19(28)29-15)9-22-26(17)11(2)24-14-3-4-14/h5-9,14,24H,2-4H2,1H3,(H,25,27,28)/b15-7-,23-10+. The number of aromatic nitrogens is 3. The normalized spacial score (nSPS) is 18.3. The van der Waals surface area contributed by atoms with Gasteiger partial charge in [0.25, 0.3) is 11.1 Å². The molecular weight excluding hydrogens is 395 g/mol. The summed E-state index contributed by atoms with van der Waals surface area (Å²) in [5.74, 6) is -0.113. The molecule has 1 saturated carbocycles. The van der Waals surface area contributed by atoms with Crippen LogP contribution in [-0.4, -0.2) is 37.7 Å². The maximum Gasteiger partial charge on any atom is 0.290 e. The van der Waals surface area contributed by atoms with Crippen LogP contribution in [0.15, 0.2) is 41.0 Å². The molecular formula is C19H17FN6O2S. The number of pyridine rings is 1. The third-order valence-electron chi connectivity index (χ3n) is 4.32. The minimum Gasteiger partial charge on any atom is -0.368 e. The third kappa shape index (κ3) is 4.27. The van der Waals surface area contributed by atoms with E-state index in [-0.39, 0.29) is 4.91 Å². The van der Waals surface area contributed by atoms with Gasteiger partial charge >= 0.3 is 0 Å². The van der Waals surface area contributed by atoms with Crippen molar-refractivity contribution < 1.29 is 14.0 Å². The van der Waals surface area contributed by atoms with E-state index in [1.165, 1.54) is 16.9 Å². The molecule has 0 unspecified atom stereocenters. The lowest BCUT2D eigenvalue weighted by Crippen LogP contribution is -2.19. The van der Waals surface area contributed by atoms with Crippen LogP contribution in [0.5, 0.6) is 0 Å². The van der Waals surface area contributed by atoms with Gasteiger partial charge in [0.15, 0.2) is 5.82 Å². The average Bonchev–Trinajstić information content (AvgIpc) is 3.31. The molecule has 0 aromatic carbocycles. The van der Waals surface area contributed by atoms with Gasteiger partial charge in [0.1, 0.15) is 5.82 Å². The fourth-order valence-electron chi connectivity index (χ4n) is 2.70. The van der Waals surface area contributed by atoms with Crippen LogP contribution in [0.25, 0.3) is 11.9 Å². The Morgan fingerprint density at radius 2 is 2.28 bits per heavy atom. The molecule has 0 radical (unpaired) electrons. The SMILES string of the molecule is C=C(NC1CC1)n1ncc(/C=C2\SC(=O)NC2=O)c1/N=C(\C)c1ccnc(F)c1. The van der Waals surface area contributed by atoms with E-state index in [2.05, 4.69) is 32.3 Å². The van der Waals surface area contributed by atoms with E-state index >= 15 is 0 Å². The van der Waals surface area contributed by atoms with Gasteiger partial charge < -0.3 is 5.32 Å².